The molecule has 0 spiro atoms. The average molecular weight is 398 g/mol. The Labute approximate surface area is 150 Å². The van der Waals surface area contributed by atoms with Crippen molar-refractivity contribution in [3.05, 3.63) is 34.3 Å². The lowest BCUT2D eigenvalue weighted by molar-refractivity contribution is -0.128. The van der Waals surface area contributed by atoms with Crippen LogP contribution in [-0.4, -0.2) is 35.6 Å². The quantitative estimate of drug-likeness (QED) is 0.456. The molecule has 1 aromatic carbocycles. The third kappa shape index (κ3) is 4.08. The van der Waals surface area contributed by atoms with Crippen molar-refractivity contribution in [2.45, 2.75) is 44.6 Å². The van der Waals surface area contributed by atoms with Crippen LogP contribution < -0.4 is 11.3 Å². The molecule has 1 aromatic rings. The van der Waals surface area contributed by atoms with Gasteiger partial charge in [0.2, 0.25) is 5.91 Å². The molecule has 2 amide bonds. The second kappa shape index (κ2) is 7.11. The van der Waals surface area contributed by atoms with Gasteiger partial charge in [-0.1, -0.05) is 28.1 Å². The molecule has 1 fully saturated rings. The number of amides is 2. The number of halogens is 1. The molecule has 6 nitrogen and oxygen atoms in total. The minimum Gasteiger partial charge on any atom is -0.444 e. The van der Waals surface area contributed by atoms with Crippen molar-refractivity contribution in [3.8, 4) is 0 Å². The number of carbonyl (C=O) groups is 2. The Hall–Kier alpha value is -1.60. The highest BCUT2D eigenvalue weighted by atomic mass is 79.9. The van der Waals surface area contributed by atoms with Gasteiger partial charge in [-0.3, -0.25) is 10.2 Å². The topological polar surface area (TPSA) is 84.7 Å². The van der Waals surface area contributed by atoms with E-state index in [0.29, 0.717) is 25.9 Å². The molecule has 0 unspecified atom stereocenters. The van der Waals surface area contributed by atoms with Crippen LogP contribution in [0.15, 0.2) is 28.7 Å². The smallest absolute Gasteiger partial charge is 0.410 e. The fourth-order valence-corrected chi connectivity index (χ4v) is 3.22. The zero-order chi connectivity index (χ0) is 18.0. The molecular formula is C17H24BrN3O3. The van der Waals surface area contributed by atoms with Crippen molar-refractivity contribution in [1.29, 1.82) is 0 Å². The van der Waals surface area contributed by atoms with Gasteiger partial charge in [-0.25, -0.2) is 10.6 Å². The van der Waals surface area contributed by atoms with Gasteiger partial charge in [-0.2, -0.15) is 0 Å². The van der Waals surface area contributed by atoms with Gasteiger partial charge in [-0.05, 0) is 51.3 Å². The number of ether oxygens (including phenoxy) is 1. The maximum Gasteiger partial charge on any atom is 0.410 e. The molecular weight excluding hydrogens is 374 g/mol. The third-order valence-corrected chi connectivity index (χ3v) is 4.76. The first-order valence-corrected chi connectivity index (χ1v) is 8.72. The number of hydrazine groups is 1. The first kappa shape index (κ1) is 18.7. The van der Waals surface area contributed by atoms with Gasteiger partial charge in [0, 0.05) is 17.6 Å². The van der Waals surface area contributed by atoms with E-state index < -0.39 is 11.0 Å². The van der Waals surface area contributed by atoms with E-state index in [4.69, 9.17) is 10.6 Å². The van der Waals surface area contributed by atoms with Crippen LogP contribution in [-0.2, 0) is 14.9 Å². The first-order chi connectivity index (χ1) is 11.2. The van der Waals surface area contributed by atoms with Crippen LogP contribution in [0.1, 0.15) is 39.2 Å². The summed E-state index contributed by atoms with van der Waals surface area (Å²) in [4.78, 5) is 26.4. The fourth-order valence-electron chi connectivity index (χ4n) is 2.95. The molecule has 1 saturated heterocycles. The molecule has 0 saturated carbocycles. The number of hydrogen-bond donors (Lipinski definition) is 2. The van der Waals surface area contributed by atoms with Crippen molar-refractivity contribution < 1.29 is 14.3 Å². The van der Waals surface area contributed by atoms with Crippen molar-refractivity contribution in [2.24, 2.45) is 5.84 Å². The summed E-state index contributed by atoms with van der Waals surface area (Å²) in [5.74, 6) is 5.19. The largest absolute Gasteiger partial charge is 0.444 e. The van der Waals surface area contributed by atoms with Crippen LogP contribution in [0.25, 0.3) is 0 Å². The van der Waals surface area contributed by atoms with E-state index in [1.807, 2.05) is 45.0 Å². The van der Waals surface area contributed by atoms with E-state index in [2.05, 4.69) is 21.4 Å². The standard InChI is InChI=1S/C17H24BrN3O3/c1-16(2,3)24-15(23)21-10-8-17(9-11-21,14(22)20-19)12-4-6-13(18)7-5-12/h4-7H,8-11,19H2,1-3H3,(H,20,22). The molecule has 7 heteroatoms. The number of nitrogens with one attached hydrogen (secondary N) is 1. The summed E-state index contributed by atoms with van der Waals surface area (Å²) >= 11 is 3.40. The van der Waals surface area contributed by atoms with Crippen LogP contribution >= 0.6 is 15.9 Å². The van der Waals surface area contributed by atoms with Crippen molar-refractivity contribution in [1.82, 2.24) is 10.3 Å². The summed E-state index contributed by atoms with van der Waals surface area (Å²) in [5.41, 5.74) is 1.92. The third-order valence-electron chi connectivity index (χ3n) is 4.23. The van der Waals surface area contributed by atoms with E-state index in [9.17, 15) is 9.59 Å². The molecule has 132 valence electrons. The van der Waals surface area contributed by atoms with E-state index in [1.54, 1.807) is 4.90 Å². The highest BCUT2D eigenvalue weighted by molar-refractivity contribution is 9.10. The normalized spacial score (nSPS) is 17.3. The molecule has 0 radical (unpaired) electrons. The SMILES string of the molecule is CC(C)(C)OC(=O)N1CCC(C(=O)NN)(c2ccc(Br)cc2)CC1. The Kier molecular flexibility index (Phi) is 5.55. The van der Waals surface area contributed by atoms with Gasteiger partial charge >= 0.3 is 6.09 Å². The molecule has 2 rings (SSSR count). The molecule has 0 atom stereocenters. The van der Waals surface area contributed by atoms with Crippen LogP contribution in [0.4, 0.5) is 4.79 Å². The average Bonchev–Trinajstić information content (AvgIpc) is 2.53. The summed E-state index contributed by atoms with van der Waals surface area (Å²) in [7, 11) is 0. The highest BCUT2D eigenvalue weighted by Gasteiger charge is 2.44. The van der Waals surface area contributed by atoms with Gasteiger partial charge in [0.15, 0.2) is 0 Å². The maximum absolute atomic E-state index is 12.5. The first-order valence-electron chi connectivity index (χ1n) is 7.93. The van der Waals surface area contributed by atoms with Crippen LogP contribution in [0.5, 0.6) is 0 Å². The van der Waals surface area contributed by atoms with Crippen LogP contribution in [0.3, 0.4) is 0 Å². The second-order valence-corrected chi connectivity index (χ2v) is 7.95. The predicted molar refractivity (Wildman–Crippen MR) is 95.2 cm³/mol. The molecule has 1 aliphatic heterocycles. The number of piperidine rings is 1. The highest BCUT2D eigenvalue weighted by Crippen LogP contribution is 2.36. The number of carbonyl (C=O) groups excluding carboxylic acids is 2. The van der Waals surface area contributed by atoms with E-state index in [-0.39, 0.29) is 12.0 Å². The predicted octanol–water partition coefficient (Wildman–Crippen LogP) is 2.71. The minimum absolute atomic E-state index is 0.228. The second-order valence-electron chi connectivity index (χ2n) is 7.03. The van der Waals surface area contributed by atoms with Gasteiger partial charge in [0.25, 0.3) is 0 Å². The Morgan fingerprint density at radius 1 is 1.21 bits per heavy atom. The lowest BCUT2D eigenvalue weighted by Gasteiger charge is -2.40. The maximum atomic E-state index is 12.5. The summed E-state index contributed by atoms with van der Waals surface area (Å²) in [6, 6.07) is 7.65. The molecule has 0 aromatic heterocycles. The van der Waals surface area contributed by atoms with Crippen LogP contribution in [0.2, 0.25) is 0 Å². The lowest BCUT2D eigenvalue weighted by atomic mass is 9.72. The monoisotopic (exact) mass is 397 g/mol. The Bertz CT molecular complexity index is 603. The number of hydrogen-bond acceptors (Lipinski definition) is 4. The van der Waals surface area contributed by atoms with E-state index >= 15 is 0 Å². The Balaban J connectivity index is 2.18. The van der Waals surface area contributed by atoms with Gasteiger partial charge in [0.1, 0.15) is 5.60 Å². The summed E-state index contributed by atoms with van der Waals surface area (Å²) in [6.07, 6.45) is 0.647. The Morgan fingerprint density at radius 2 is 1.75 bits per heavy atom. The number of benzene rings is 1. The van der Waals surface area contributed by atoms with Crippen LogP contribution in [0, 0.1) is 0 Å². The Morgan fingerprint density at radius 3 is 2.21 bits per heavy atom. The summed E-state index contributed by atoms with van der Waals surface area (Å²) < 4.78 is 6.35. The van der Waals surface area contributed by atoms with Crippen molar-refractivity contribution >= 4 is 27.9 Å². The molecule has 1 heterocycles. The lowest BCUT2D eigenvalue weighted by Crippen LogP contribution is -2.54. The van der Waals surface area contributed by atoms with Crippen molar-refractivity contribution in [3.63, 3.8) is 0 Å². The zero-order valence-electron chi connectivity index (χ0n) is 14.3. The van der Waals surface area contributed by atoms with Gasteiger partial charge in [0.05, 0.1) is 5.41 Å². The minimum atomic E-state index is -0.728. The van der Waals surface area contributed by atoms with Gasteiger partial charge < -0.3 is 9.64 Å². The van der Waals surface area contributed by atoms with E-state index in [1.165, 1.54) is 0 Å². The number of nitrogens with zero attached hydrogens (tertiary/aromatic N) is 1. The number of nitrogens with two attached hydrogens (primary N) is 1. The fraction of sp³-hybridized carbons (Fsp3) is 0.529. The van der Waals surface area contributed by atoms with Crippen molar-refractivity contribution in [2.75, 3.05) is 13.1 Å². The number of rotatable bonds is 2. The van der Waals surface area contributed by atoms with E-state index in [0.717, 1.165) is 10.0 Å². The summed E-state index contributed by atoms with van der Waals surface area (Å²) in [6.45, 7) is 6.39. The molecule has 0 bridgehead atoms. The zero-order valence-corrected chi connectivity index (χ0v) is 15.9. The molecule has 1 aliphatic rings. The van der Waals surface area contributed by atoms with Gasteiger partial charge in [-0.15, -0.1) is 0 Å². The molecule has 0 aliphatic carbocycles. The summed E-state index contributed by atoms with van der Waals surface area (Å²) in [5, 5.41) is 0. The number of likely N-dealkylation sites (tertiary alicyclic amines) is 1. The molecule has 3 N–H and O–H groups in total. The molecule has 24 heavy (non-hydrogen) atoms.